The number of fused-ring (bicyclic) bond motifs is 1. The van der Waals surface area contributed by atoms with Gasteiger partial charge in [-0.25, -0.2) is 10.4 Å². The van der Waals surface area contributed by atoms with Gasteiger partial charge in [0.1, 0.15) is 11.6 Å². The largest absolute Gasteiger partial charge is 0.507 e. The summed E-state index contributed by atoms with van der Waals surface area (Å²) in [5.41, 5.74) is 2.73. The van der Waals surface area contributed by atoms with Gasteiger partial charge >= 0.3 is 0 Å². The third kappa shape index (κ3) is 4.24. The van der Waals surface area contributed by atoms with Crippen LogP contribution >= 0.6 is 11.6 Å². The molecule has 2 N–H and O–H groups in total. The number of phenolic OH excluding ortho intramolecular Hbond substituents is 1. The predicted molar refractivity (Wildman–Crippen MR) is 101 cm³/mol. The molecule has 0 aliphatic heterocycles. The van der Waals surface area contributed by atoms with E-state index in [1.54, 1.807) is 31.2 Å². The van der Waals surface area contributed by atoms with Crippen LogP contribution in [0.3, 0.4) is 0 Å². The van der Waals surface area contributed by atoms with E-state index in [1.807, 2.05) is 0 Å². The highest BCUT2D eigenvalue weighted by molar-refractivity contribution is 6.30. The molecule has 9 heteroatoms. The number of benzene rings is 2. The SMILES string of the molecule is Cc1nc2ccccc2c(=O)n1OCC(=O)N/N=C\c1cc(Cl)ccc1O. The third-order valence-electron chi connectivity index (χ3n) is 3.60. The second kappa shape index (κ2) is 7.88. The van der Waals surface area contributed by atoms with Crippen molar-refractivity contribution in [2.75, 3.05) is 6.61 Å². The number of nitrogens with zero attached hydrogens (tertiary/aromatic N) is 3. The summed E-state index contributed by atoms with van der Waals surface area (Å²) < 4.78 is 0.967. The Morgan fingerprint density at radius 2 is 2.15 bits per heavy atom. The minimum Gasteiger partial charge on any atom is -0.507 e. The number of halogens is 1. The second-order valence-corrected chi connectivity index (χ2v) is 5.98. The van der Waals surface area contributed by atoms with Crippen LogP contribution in [-0.2, 0) is 4.79 Å². The van der Waals surface area contributed by atoms with E-state index in [0.29, 0.717) is 27.3 Å². The fraction of sp³-hybridized carbons (Fsp3) is 0.111. The molecule has 3 rings (SSSR count). The molecule has 0 aliphatic rings. The van der Waals surface area contributed by atoms with E-state index in [-0.39, 0.29) is 5.75 Å². The van der Waals surface area contributed by atoms with Crippen LogP contribution in [-0.4, -0.2) is 33.5 Å². The zero-order valence-corrected chi connectivity index (χ0v) is 15.0. The van der Waals surface area contributed by atoms with Crippen LogP contribution < -0.4 is 15.8 Å². The number of hydrogen-bond donors (Lipinski definition) is 2. The monoisotopic (exact) mass is 386 g/mol. The van der Waals surface area contributed by atoms with E-state index in [2.05, 4.69) is 15.5 Å². The Hall–Kier alpha value is -3.39. The molecule has 1 amide bonds. The Kier molecular flexibility index (Phi) is 5.37. The number of amides is 1. The van der Waals surface area contributed by atoms with E-state index in [0.717, 1.165) is 4.73 Å². The number of aromatic nitrogens is 2. The molecule has 0 fully saturated rings. The number of hydrazone groups is 1. The van der Waals surface area contributed by atoms with E-state index in [4.69, 9.17) is 16.4 Å². The van der Waals surface area contributed by atoms with Crippen LogP contribution in [0.4, 0.5) is 0 Å². The van der Waals surface area contributed by atoms with Crippen LogP contribution in [0.2, 0.25) is 5.02 Å². The van der Waals surface area contributed by atoms with Gasteiger partial charge in [0.25, 0.3) is 11.5 Å². The topological polar surface area (TPSA) is 106 Å². The summed E-state index contributed by atoms with van der Waals surface area (Å²) in [6, 6.07) is 11.3. The van der Waals surface area contributed by atoms with Crippen molar-refractivity contribution >= 4 is 34.6 Å². The minimum absolute atomic E-state index is 0.0296. The third-order valence-corrected chi connectivity index (χ3v) is 3.84. The summed E-state index contributed by atoms with van der Waals surface area (Å²) in [5.74, 6) is -0.302. The van der Waals surface area contributed by atoms with Crippen molar-refractivity contribution in [2.45, 2.75) is 6.92 Å². The van der Waals surface area contributed by atoms with Crippen molar-refractivity contribution in [3.05, 3.63) is 69.2 Å². The molecule has 0 radical (unpaired) electrons. The summed E-state index contributed by atoms with van der Waals surface area (Å²) >= 11 is 5.83. The fourth-order valence-electron chi connectivity index (χ4n) is 2.34. The Balaban J connectivity index is 1.66. The van der Waals surface area contributed by atoms with Gasteiger partial charge in [0, 0.05) is 10.6 Å². The van der Waals surface area contributed by atoms with Crippen molar-refractivity contribution in [2.24, 2.45) is 5.10 Å². The molecule has 0 saturated carbocycles. The normalized spacial score (nSPS) is 11.0. The van der Waals surface area contributed by atoms with Gasteiger partial charge < -0.3 is 9.94 Å². The molecular weight excluding hydrogens is 372 g/mol. The summed E-state index contributed by atoms with van der Waals surface area (Å²) in [6.07, 6.45) is 1.24. The molecule has 1 aromatic heterocycles. The van der Waals surface area contributed by atoms with Gasteiger partial charge in [0.15, 0.2) is 6.61 Å². The Morgan fingerprint density at radius 3 is 2.96 bits per heavy atom. The average molecular weight is 387 g/mol. The Bertz CT molecular complexity index is 1090. The lowest BCUT2D eigenvalue weighted by molar-refractivity contribution is -0.126. The molecule has 3 aromatic rings. The zero-order chi connectivity index (χ0) is 19.4. The summed E-state index contributed by atoms with van der Waals surface area (Å²) in [7, 11) is 0. The maximum absolute atomic E-state index is 12.4. The van der Waals surface area contributed by atoms with Gasteiger partial charge in [0.05, 0.1) is 17.1 Å². The lowest BCUT2D eigenvalue weighted by Crippen LogP contribution is -2.35. The average Bonchev–Trinajstić information content (AvgIpc) is 2.64. The molecular formula is C18H15ClN4O4. The highest BCUT2D eigenvalue weighted by Crippen LogP contribution is 2.19. The highest BCUT2D eigenvalue weighted by atomic mass is 35.5. The van der Waals surface area contributed by atoms with E-state index in [9.17, 15) is 14.7 Å². The van der Waals surface area contributed by atoms with E-state index < -0.39 is 18.1 Å². The Morgan fingerprint density at radius 1 is 1.37 bits per heavy atom. The van der Waals surface area contributed by atoms with Crippen LogP contribution in [0.1, 0.15) is 11.4 Å². The second-order valence-electron chi connectivity index (χ2n) is 5.55. The molecule has 2 aromatic carbocycles. The number of hydrogen-bond acceptors (Lipinski definition) is 6. The quantitative estimate of drug-likeness (QED) is 0.512. The molecule has 0 saturated heterocycles. The van der Waals surface area contributed by atoms with Crippen LogP contribution in [0.5, 0.6) is 5.75 Å². The number of para-hydroxylation sites is 1. The zero-order valence-electron chi connectivity index (χ0n) is 14.2. The van der Waals surface area contributed by atoms with Crippen LogP contribution in [0.25, 0.3) is 10.9 Å². The van der Waals surface area contributed by atoms with Gasteiger partial charge in [-0.15, -0.1) is 4.73 Å². The number of carbonyl (C=O) groups excluding carboxylic acids is 1. The number of rotatable bonds is 5. The van der Waals surface area contributed by atoms with Gasteiger partial charge in [-0.1, -0.05) is 23.7 Å². The molecule has 8 nitrogen and oxygen atoms in total. The number of aromatic hydroxyl groups is 1. The molecule has 0 aliphatic carbocycles. The number of aryl methyl sites for hydroxylation is 1. The number of carbonyl (C=O) groups is 1. The lowest BCUT2D eigenvalue weighted by Gasteiger charge is -2.11. The molecule has 0 spiro atoms. The van der Waals surface area contributed by atoms with Gasteiger partial charge in [-0.2, -0.15) is 5.10 Å². The summed E-state index contributed by atoms with van der Waals surface area (Å²) in [6.45, 7) is 1.16. The van der Waals surface area contributed by atoms with Crippen molar-refractivity contribution in [1.82, 2.24) is 15.1 Å². The van der Waals surface area contributed by atoms with Crippen molar-refractivity contribution in [1.29, 1.82) is 0 Å². The smallest absolute Gasteiger partial charge is 0.294 e. The molecule has 0 bridgehead atoms. The maximum Gasteiger partial charge on any atom is 0.294 e. The number of nitrogens with one attached hydrogen (secondary N) is 1. The van der Waals surface area contributed by atoms with Crippen LogP contribution in [0, 0.1) is 6.92 Å². The fourth-order valence-corrected chi connectivity index (χ4v) is 2.52. The molecule has 0 atom stereocenters. The maximum atomic E-state index is 12.4. The highest BCUT2D eigenvalue weighted by Gasteiger charge is 2.10. The molecule has 27 heavy (non-hydrogen) atoms. The van der Waals surface area contributed by atoms with E-state index in [1.165, 1.54) is 24.4 Å². The van der Waals surface area contributed by atoms with Crippen molar-refractivity contribution in [3.8, 4) is 5.75 Å². The standard InChI is InChI=1S/C18H15ClN4O4/c1-11-21-15-5-3-2-4-14(15)18(26)23(11)27-10-17(25)22-20-9-12-8-13(19)6-7-16(12)24/h2-9,24H,10H2,1H3,(H,22,25)/b20-9-. The van der Waals surface area contributed by atoms with Gasteiger partial charge in [-0.3, -0.25) is 9.59 Å². The molecule has 1 heterocycles. The molecule has 138 valence electrons. The first-order chi connectivity index (χ1) is 13.0. The van der Waals surface area contributed by atoms with Crippen molar-refractivity contribution < 1.29 is 14.7 Å². The predicted octanol–water partition coefficient (Wildman–Crippen LogP) is 1.64. The minimum atomic E-state index is -0.591. The Labute approximate surface area is 158 Å². The number of phenols is 1. The van der Waals surface area contributed by atoms with Crippen molar-refractivity contribution in [3.63, 3.8) is 0 Å². The first-order valence-corrected chi connectivity index (χ1v) is 8.25. The van der Waals surface area contributed by atoms with Gasteiger partial charge in [0.2, 0.25) is 0 Å². The summed E-state index contributed by atoms with van der Waals surface area (Å²) in [4.78, 5) is 33.8. The van der Waals surface area contributed by atoms with E-state index >= 15 is 0 Å². The van der Waals surface area contributed by atoms with Gasteiger partial charge in [-0.05, 0) is 37.3 Å². The summed E-state index contributed by atoms with van der Waals surface area (Å²) in [5, 5.41) is 14.2. The lowest BCUT2D eigenvalue weighted by atomic mass is 10.2. The first-order valence-electron chi connectivity index (χ1n) is 7.88. The molecule has 0 unspecified atom stereocenters. The first kappa shape index (κ1) is 18.4. The van der Waals surface area contributed by atoms with Crippen LogP contribution in [0.15, 0.2) is 52.4 Å².